The molecule has 1 aromatic carbocycles. The van der Waals surface area contributed by atoms with Gasteiger partial charge >= 0.3 is 0 Å². The van der Waals surface area contributed by atoms with Crippen molar-refractivity contribution in [2.45, 2.75) is 11.8 Å². The standard InChI is InChI=1S/C14H12F2N2OS/c1-9-2-5-13(17-7-9)18-14(19)8-20-10-3-4-11(15)12(16)6-10/h2-7H,8H2,1H3,(H,17,18,19). The maximum atomic E-state index is 13.0. The number of hydrogen-bond donors (Lipinski definition) is 1. The number of rotatable bonds is 4. The number of benzene rings is 1. The first-order chi connectivity index (χ1) is 9.54. The zero-order valence-electron chi connectivity index (χ0n) is 10.7. The number of carbonyl (C=O) groups is 1. The maximum Gasteiger partial charge on any atom is 0.235 e. The number of nitrogens with one attached hydrogen (secondary N) is 1. The van der Waals surface area contributed by atoms with Crippen LogP contribution >= 0.6 is 11.8 Å². The number of amides is 1. The normalized spacial score (nSPS) is 10.3. The van der Waals surface area contributed by atoms with Gasteiger partial charge in [0, 0.05) is 11.1 Å². The van der Waals surface area contributed by atoms with Gasteiger partial charge < -0.3 is 5.32 Å². The maximum absolute atomic E-state index is 13.0. The molecule has 0 spiro atoms. The molecular weight excluding hydrogens is 282 g/mol. The van der Waals surface area contributed by atoms with Crippen molar-refractivity contribution in [2.24, 2.45) is 0 Å². The molecule has 3 nitrogen and oxygen atoms in total. The van der Waals surface area contributed by atoms with Crippen molar-refractivity contribution in [2.75, 3.05) is 11.1 Å². The average molecular weight is 294 g/mol. The molecule has 6 heteroatoms. The van der Waals surface area contributed by atoms with Crippen molar-refractivity contribution < 1.29 is 13.6 Å². The summed E-state index contributed by atoms with van der Waals surface area (Å²) in [4.78, 5) is 16.2. The topological polar surface area (TPSA) is 42.0 Å². The molecule has 1 aromatic heterocycles. The van der Waals surface area contributed by atoms with E-state index < -0.39 is 11.6 Å². The predicted molar refractivity (Wildman–Crippen MR) is 74.7 cm³/mol. The van der Waals surface area contributed by atoms with Gasteiger partial charge in [0.25, 0.3) is 0 Å². The minimum atomic E-state index is -0.921. The molecule has 1 heterocycles. The van der Waals surface area contributed by atoms with E-state index in [-0.39, 0.29) is 11.7 Å². The molecule has 0 saturated carbocycles. The summed E-state index contributed by atoms with van der Waals surface area (Å²) >= 11 is 1.13. The van der Waals surface area contributed by atoms with Crippen LogP contribution in [0.25, 0.3) is 0 Å². The summed E-state index contributed by atoms with van der Waals surface area (Å²) in [6, 6.07) is 7.08. The Bertz CT molecular complexity index is 617. The quantitative estimate of drug-likeness (QED) is 0.879. The number of hydrogen-bond acceptors (Lipinski definition) is 3. The predicted octanol–water partition coefficient (Wildman–Crippen LogP) is 3.40. The van der Waals surface area contributed by atoms with Gasteiger partial charge in [-0.25, -0.2) is 13.8 Å². The van der Waals surface area contributed by atoms with Crippen LogP contribution in [0.4, 0.5) is 14.6 Å². The smallest absolute Gasteiger partial charge is 0.235 e. The summed E-state index contributed by atoms with van der Waals surface area (Å²) in [5.41, 5.74) is 0.999. The van der Waals surface area contributed by atoms with Crippen LogP contribution in [-0.4, -0.2) is 16.6 Å². The second-order valence-electron chi connectivity index (χ2n) is 4.13. The molecule has 0 aliphatic carbocycles. The van der Waals surface area contributed by atoms with Gasteiger partial charge in [0.05, 0.1) is 5.75 Å². The Kier molecular flexibility index (Phi) is 4.68. The summed E-state index contributed by atoms with van der Waals surface area (Å²) < 4.78 is 25.7. The molecule has 0 saturated heterocycles. The summed E-state index contributed by atoms with van der Waals surface area (Å²) in [5, 5.41) is 2.63. The number of halogens is 2. The fourth-order valence-corrected chi connectivity index (χ4v) is 2.16. The van der Waals surface area contributed by atoms with Gasteiger partial charge in [0.1, 0.15) is 5.82 Å². The van der Waals surface area contributed by atoms with Crippen molar-refractivity contribution in [3.63, 3.8) is 0 Å². The molecule has 0 aliphatic heterocycles. The van der Waals surface area contributed by atoms with Crippen molar-refractivity contribution in [3.05, 3.63) is 53.7 Å². The largest absolute Gasteiger partial charge is 0.310 e. The molecule has 20 heavy (non-hydrogen) atoms. The summed E-state index contributed by atoms with van der Waals surface area (Å²) in [7, 11) is 0. The molecule has 104 valence electrons. The van der Waals surface area contributed by atoms with Gasteiger partial charge in [-0.15, -0.1) is 11.8 Å². The molecule has 0 unspecified atom stereocenters. The Balaban J connectivity index is 1.88. The van der Waals surface area contributed by atoms with Crippen LogP contribution in [0.1, 0.15) is 5.56 Å². The molecule has 1 N–H and O–H groups in total. The molecule has 2 rings (SSSR count). The van der Waals surface area contributed by atoms with E-state index in [2.05, 4.69) is 10.3 Å². The van der Waals surface area contributed by atoms with E-state index in [9.17, 15) is 13.6 Å². The van der Waals surface area contributed by atoms with Crippen LogP contribution in [-0.2, 0) is 4.79 Å². The number of aromatic nitrogens is 1. The molecule has 0 bridgehead atoms. The third kappa shape index (κ3) is 4.03. The Morgan fingerprint density at radius 2 is 2.05 bits per heavy atom. The molecular formula is C14H12F2N2OS. The molecule has 2 aromatic rings. The van der Waals surface area contributed by atoms with Gasteiger partial charge in [0.15, 0.2) is 11.6 Å². The van der Waals surface area contributed by atoms with E-state index in [1.807, 2.05) is 13.0 Å². The SMILES string of the molecule is Cc1ccc(NC(=O)CSc2ccc(F)c(F)c2)nc1. The number of pyridine rings is 1. The number of thioether (sulfide) groups is 1. The van der Waals surface area contributed by atoms with E-state index in [0.29, 0.717) is 10.7 Å². The Labute approximate surface area is 119 Å². The van der Waals surface area contributed by atoms with Crippen LogP contribution in [0.15, 0.2) is 41.4 Å². The monoisotopic (exact) mass is 294 g/mol. The van der Waals surface area contributed by atoms with Gasteiger partial charge in [-0.1, -0.05) is 6.07 Å². The van der Waals surface area contributed by atoms with Crippen molar-refractivity contribution in [3.8, 4) is 0 Å². The van der Waals surface area contributed by atoms with E-state index in [1.54, 1.807) is 12.3 Å². The van der Waals surface area contributed by atoms with Crippen LogP contribution in [0.2, 0.25) is 0 Å². The van der Waals surface area contributed by atoms with Crippen LogP contribution in [0.3, 0.4) is 0 Å². The molecule has 0 atom stereocenters. The highest BCUT2D eigenvalue weighted by Crippen LogP contribution is 2.20. The fraction of sp³-hybridized carbons (Fsp3) is 0.143. The number of nitrogens with zero attached hydrogens (tertiary/aromatic N) is 1. The Hall–Kier alpha value is -1.95. The second kappa shape index (κ2) is 6.47. The van der Waals surface area contributed by atoms with Crippen molar-refractivity contribution in [1.82, 2.24) is 4.98 Å². The molecule has 0 fully saturated rings. The van der Waals surface area contributed by atoms with Gasteiger partial charge in [-0.2, -0.15) is 0 Å². The zero-order valence-corrected chi connectivity index (χ0v) is 11.5. The summed E-state index contributed by atoms with van der Waals surface area (Å²) in [6.07, 6.45) is 1.65. The zero-order chi connectivity index (χ0) is 14.5. The van der Waals surface area contributed by atoms with Crippen molar-refractivity contribution in [1.29, 1.82) is 0 Å². The van der Waals surface area contributed by atoms with Gasteiger partial charge in [-0.05, 0) is 36.8 Å². The van der Waals surface area contributed by atoms with E-state index in [1.165, 1.54) is 6.07 Å². The fourth-order valence-electron chi connectivity index (χ4n) is 1.44. The average Bonchev–Trinajstić information content (AvgIpc) is 2.43. The minimum absolute atomic E-state index is 0.0978. The lowest BCUT2D eigenvalue weighted by Crippen LogP contribution is -2.14. The second-order valence-corrected chi connectivity index (χ2v) is 5.18. The number of anilines is 1. The number of aryl methyl sites for hydroxylation is 1. The lowest BCUT2D eigenvalue weighted by atomic mass is 10.3. The first-order valence-electron chi connectivity index (χ1n) is 5.85. The third-order valence-electron chi connectivity index (χ3n) is 2.44. The van der Waals surface area contributed by atoms with Gasteiger partial charge in [0.2, 0.25) is 5.91 Å². The highest BCUT2D eigenvalue weighted by Gasteiger charge is 2.07. The first-order valence-corrected chi connectivity index (χ1v) is 6.83. The lowest BCUT2D eigenvalue weighted by Gasteiger charge is -2.05. The van der Waals surface area contributed by atoms with E-state index in [0.717, 1.165) is 29.5 Å². The number of carbonyl (C=O) groups excluding carboxylic acids is 1. The minimum Gasteiger partial charge on any atom is -0.310 e. The van der Waals surface area contributed by atoms with Crippen LogP contribution < -0.4 is 5.32 Å². The highest BCUT2D eigenvalue weighted by atomic mass is 32.2. The Morgan fingerprint density at radius 3 is 2.70 bits per heavy atom. The van der Waals surface area contributed by atoms with Crippen LogP contribution in [0.5, 0.6) is 0 Å². The summed E-state index contributed by atoms with van der Waals surface area (Å²) in [6.45, 7) is 1.90. The van der Waals surface area contributed by atoms with Crippen molar-refractivity contribution >= 4 is 23.5 Å². The highest BCUT2D eigenvalue weighted by molar-refractivity contribution is 8.00. The molecule has 1 amide bonds. The summed E-state index contributed by atoms with van der Waals surface area (Å²) in [5.74, 6) is -1.51. The van der Waals surface area contributed by atoms with E-state index >= 15 is 0 Å². The molecule has 0 radical (unpaired) electrons. The third-order valence-corrected chi connectivity index (χ3v) is 3.43. The first kappa shape index (κ1) is 14.5. The molecule has 0 aliphatic rings. The van der Waals surface area contributed by atoms with Crippen LogP contribution in [0, 0.1) is 18.6 Å². The van der Waals surface area contributed by atoms with Gasteiger partial charge in [-0.3, -0.25) is 4.79 Å². The lowest BCUT2D eigenvalue weighted by molar-refractivity contribution is -0.113. The van der Waals surface area contributed by atoms with E-state index in [4.69, 9.17) is 0 Å². The Morgan fingerprint density at radius 1 is 1.25 bits per heavy atom.